The first-order valence-corrected chi connectivity index (χ1v) is 7.86. The Hall–Kier alpha value is -1.14. The Morgan fingerprint density at radius 1 is 1.32 bits per heavy atom. The molecular formula is C13H22N2O3S. The second-order valence-corrected chi connectivity index (χ2v) is 8.16. The van der Waals surface area contributed by atoms with E-state index in [-0.39, 0.29) is 12.4 Å². The number of nitrogens with one attached hydrogen (secondary N) is 1. The van der Waals surface area contributed by atoms with Gasteiger partial charge in [-0.3, -0.25) is 4.98 Å². The third-order valence-corrected chi connectivity index (χ3v) is 5.28. The van der Waals surface area contributed by atoms with Gasteiger partial charge in [0.15, 0.2) is 9.84 Å². The van der Waals surface area contributed by atoms with Crippen LogP contribution in [0.5, 0.6) is 5.75 Å². The Labute approximate surface area is 115 Å². The van der Waals surface area contributed by atoms with Gasteiger partial charge in [0.05, 0.1) is 22.4 Å². The fourth-order valence-electron chi connectivity index (χ4n) is 1.36. The molecular weight excluding hydrogens is 264 g/mol. The van der Waals surface area contributed by atoms with Crippen molar-refractivity contribution in [1.29, 1.82) is 0 Å². The molecule has 0 fully saturated rings. The lowest BCUT2D eigenvalue weighted by Gasteiger charge is -2.19. The van der Waals surface area contributed by atoms with E-state index in [1.54, 1.807) is 33.0 Å². The van der Waals surface area contributed by atoms with Gasteiger partial charge in [-0.15, -0.1) is 0 Å². The minimum atomic E-state index is -3.14. The lowest BCUT2D eigenvalue weighted by atomic mass is 10.3. The molecule has 0 amide bonds. The standard InChI is InChI=1S/C13H22N2O3S/c1-13(2,3)19(16,17)8-7-18-12-6-5-11(9-14-4)15-10-12/h5-6,10,14H,7-9H2,1-4H3. The molecule has 0 aromatic carbocycles. The van der Waals surface area contributed by atoms with E-state index in [0.29, 0.717) is 12.3 Å². The van der Waals surface area contributed by atoms with Gasteiger partial charge in [0.1, 0.15) is 12.4 Å². The summed E-state index contributed by atoms with van der Waals surface area (Å²) in [6.07, 6.45) is 1.61. The summed E-state index contributed by atoms with van der Waals surface area (Å²) in [6, 6.07) is 3.65. The second-order valence-electron chi connectivity index (χ2n) is 5.30. The molecule has 1 heterocycles. The Morgan fingerprint density at radius 3 is 2.47 bits per heavy atom. The van der Waals surface area contributed by atoms with Crippen LogP contribution < -0.4 is 10.1 Å². The van der Waals surface area contributed by atoms with Crippen molar-refractivity contribution in [2.45, 2.75) is 32.1 Å². The minimum Gasteiger partial charge on any atom is -0.491 e. The second kappa shape index (κ2) is 6.34. The summed E-state index contributed by atoms with van der Waals surface area (Å²) in [4.78, 5) is 4.20. The molecule has 1 aromatic heterocycles. The molecule has 5 nitrogen and oxygen atoms in total. The number of pyridine rings is 1. The molecule has 0 saturated heterocycles. The molecule has 108 valence electrons. The molecule has 19 heavy (non-hydrogen) atoms. The van der Waals surface area contributed by atoms with Crippen LogP contribution in [0.3, 0.4) is 0 Å². The van der Waals surface area contributed by atoms with E-state index in [2.05, 4.69) is 10.3 Å². The van der Waals surface area contributed by atoms with E-state index < -0.39 is 14.6 Å². The fourth-order valence-corrected chi connectivity index (χ4v) is 2.27. The zero-order valence-electron chi connectivity index (χ0n) is 11.9. The zero-order valence-corrected chi connectivity index (χ0v) is 12.8. The van der Waals surface area contributed by atoms with Crippen molar-refractivity contribution in [2.75, 3.05) is 19.4 Å². The predicted octanol–water partition coefficient (Wildman–Crippen LogP) is 1.39. The maximum absolute atomic E-state index is 11.9. The topological polar surface area (TPSA) is 68.3 Å². The molecule has 0 bridgehead atoms. The normalized spacial score (nSPS) is 12.4. The first-order chi connectivity index (χ1) is 8.76. The van der Waals surface area contributed by atoms with Crippen LogP contribution >= 0.6 is 0 Å². The van der Waals surface area contributed by atoms with Crippen LogP contribution in [0.1, 0.15) is 26.5 Å². The molecule has 1 aromatic rings. The predicted molar refractivity (Wildman–Crippen MR) is 76.0 cm³/mol. The highest BCUT2D eigenvalue weighted by atomic mass is 32.2. The summed E-state index contributed by atoms with van der Waals surface area (Å²) in [5, 5.41) is 3.00. The number of ether oxygens (including phenoxy) is 1. The van der Waals surface area contributed by atoms with Gasteiger partial charge in [-0.1, -0.05) is 0 Å². The molecule has 1 rings (SSSR count). The van der Waals surface area contributed by atoms with E-state index >= 15 is 0 Å². The monoisotopic (exact) mass is 286 g/mol. The van der Waals surface area contributed by atoms with Crippen LogP contribution in [0.25, 0.3) is 0 Å². The Kier molecular flexibility index (Phi) is 5.31. The van der Waals surface area contributed by atoms with Gasteiger partial charge >= 0.3 is 0 Å². The lowest BCUT2D eigenvalue weighted by Crippen LogP contribution is -2.32. The summed E-state index contributed by atoms with van der Waals surface area (Å²) in [5.41, 5.74) is 0.914. The molecule has 0 aliphatic heterocycles. The van der Waals surface area contributed by atoms with Crippen molar-refractivity contribution in [3.05, 3.63) is 24.0 Å². The van der Waals surface area contributed by atoms with Gasteiger partial charge < -0.3 is 10.1 Å². The summed E-state index contributed by atoms with van der Waals surface area (Å²) in [7, 11) is -1.29. The molecule has 0 radical (unpaired) electrons. The average Bonchev–Trinajstić information content (AvgIpc) is 2.30. The van der Waals surface area contributed by atoms with Crippen molar-refractivity contribution in [3.8, 4) is 5.75 Å². The van der Waals surface area contributed by atoms with Crippen molar-refractivity contribution in [2.24, 2.45) is 0 Å². The van der Waals surface area contributed by atoms with Crippen molar-refractivity contribution >= 4 is 9.84 Å². The molecule has 0 unspecified atom stereocenters. The van der Waals surface area contributed by atoms with Crippen molar-refractivity contribution in [3.63, 3.8) is 0 Å². The van der Waals surface area contributed by atoms with E-state index in [9.17, 15) is 8.42 Å². The number of aromatic nitrogens is 1. The molecule has 0 aliphatic rings. The van der Waals surface area contributed by atoms with E-state index in [0.717, 1.165) is 5.69 Å². The number of hydrogen-bond donors (Lipinski definition) is 1. The van der Waals surface area contributed by atoms with Gasteiger partial charge in [0.2, 0.25) is 0 Å². The van der Waals surface area contributed by atoms with Crippen LogP contribution in [-0.4, -0.2) is 37.6 Å². The minimum absolute atomic E-state index is 0.00870. The Morgan fingerprint density at radius 2 is 2.00 bits per heavy atom. The summed E-state index contributed by atoms with van der Waals surface area (Å²) < 4.78 is 28.4. The van der Waals surface area contributed by atoms with Crippen molar-refractivity contribution in [1.82, 2.24) is 10.3 Å². The number of nitrogens with zero attached hydrogens (tertiary/aromatic N) is 1. The van der Waals surface area contributed by atoms with Crippen LogP contribution in [0.15, 0.2) is 18.3 Å². The molecule has 0 atom stereocenters. The number of rotatable bonds is 6. The van der Waals surface area contributed by atoms with Gasteiger partial charge in [0.25, 0.3) is 0 Å². The third kappa shape index (κ3) is 4.80. The van der Waals surface area contributed by atoms with Crippen LogP contribution in [-0.2, 0) is 16.4 Å². The van der Waals surface area contributed by atoms with E-state index in [1.165, 1.54) is 0 Å². The fraction of sp³-hybridized carbons (Fsp3) is 0.615. The molecule has 0 saturated carbocycles. The highest BCUT2D eigenvalue weighted by Gasteiger charge is 2.28. The van der Waals surface area contributed by atoms with Gasteiger partial charge in [0, 0.05) is 6.54 Å². The summed E-state index contributed by atoms with van der Waals surface area (Å²) in [6.45, 7) is 5.91. The third-order valence-electron chi connectivity index (χ3n) is 2.71. The Balaban J connectivity index is 2.50. The zero-order chi connectivity index (χ0) is 14.5. The largest absolute Gasteiger partial charge is 0.491 e. The highest BCUT2D eigenvalue weighted by Crippen LogP contribution is 2.16. The summed E-state index contributed by atoms with van der Waals surface area (Å²) >= 11 is 0. The van der Waals surface area contributed by atoms with E-state index in [4.69, 9.17) is 4.74 Å². The maximum Gasteiger partial charge on any atom is 0.158 e. The average molecular weight is 286 g/mol. The molecule has 6 heteroatoms. The number of hydrogen-bond acceptors (Lipinski definition) is 5. The molecule has 1 N–H and O–H groups in total. The SMILES string of the molecule is CNCc1ccc(OCCS(=O)(=O)C(C)(C)C)cn1. The van der Waals surface area contributed by atoms with Crippen molar-refractivity contribution < 1.29 is 13.2 Å². The maximum atomic E-state index is 11.9. The summed E-state index contributed by atoms with van der Waals surface area (Å²) in [5.74, 6) is 0.596. The molecule has 0 spiro atoms. The molecule has 0 aliphatic carbocycles. The smallest absolute Gasteiger partial charge is 0.158 e. The van der Waals surface area contributed by atoms with Crippen LogP contribution in [0, 0.1) is 0 Å². The van der Waals surface area contributed by atoms with Gasteiger partial charge in [-0.05, 0) is 40.0 Å². The lowest BCUT2D eigenvalue weighted by molar-refractivity contribution is 0.338. The van der Waals surface area contributed by atoms with E-state index in [1.807, 2.05) is 13.1 Å². The first kappa shape index (κ1) is 15.9. The first-order valence-electron chi connectivity index (χ1n) is 6.21. The highest BCUT2D eigenvalue weighted by molar-refractivity contribution is 7.92. The van der Waals surface area contributed by atoms with Gasteiger partial charge in [-0.25, -0.2) is 8.42 Å². The van der Waals surface area contributed by atoms with Crippen LogP contribution in [0.2, 0.25) is 0 Å². The number of sulfone groups is 1. The van der Waals surface area contributed by atoms with Gasteiger partial charge in [-0.2, -0.15) is 0 Å². The quantitative estimate of drug-likeness (QED) is 0.856. The Bertz CT molecular complexity index is 490. The van der Waals surface area contributed by atoms with Crippen LogP contribution in [0.4, 0.5) is 0 Å².